The third kappa shape index (κ3) is 8.44. The van der Waals surface area contributed by atoms with Crippen molar-refractivity contribution in [3.63, 3.8) is 0 Å². The summed E-state index contributed by atoms with van der Waals surface area (Å²) in [7, 11) is 0. The maximum atomic E-state index is 11.5. The molecule has 2 heterocycles. The Morgan fingerprint density at radius 3 is 2.09 bits per heavy atom. The molecule has 0 aliphatic carbocycles. The molecule has 2 aromatic heterocycles. The number of H-pyrrole nitrogens is 1. The number of unbranched alkanes of at least 4 members (excludes halogenated alkanes) is 7. The van der Waals surface area contributed by atoms with Crippen molar-refractivity contribution in [1.29, 1.82) is 0 Å². The number of hydrogen-bond donors (Lipinski definition) is 3. The van der Waals surface area contributed by atoms with E-state index in [4.69, 9.17) is 5.73 Å². The minimum Gasteiger partial charge on any atom is -0.478 e. The van der Waals surface area contributed by atoms with Crippen LogP contribution >= 0.6 is 0 Å². The summed E-state index contributed by atoms with van der Waals surface area (Å²) in [6.45, 7) is 3.13. The molecule has 8 nitrogen and oxygen atoms in total. The smallest absolute Gasteiger partial charge is 0.337 e. The van der Waals surface area contributed by atoms with Gasteiger partial charge in [-0.05, 0) is 48.9 Å². The van der Waals surface area contributed by atoms with Crippen molar-refractivity contribution >= 4 is 11.7 Å². The average molecular weight is 467 g/mol. The van der Waals surface area contributed by atoms with E-state index in [1.807, 2.05) is 0 Å². The molecule has 0 atom stereocenters. The van der Waals surface area contributed by atoms with E-state index >= 15 is 0 Å². The number of carboxylic acid groups (broad SMARTS) is 1. The number of carboxylic acids is 1. The highest BCUT2D eigenvalue weighted by molar-refractivity contribution is 5.97. The van der Waals surface area contributed by atoms with Gasteiger partial charge in [-0.2, -0.15) is 0 Å². The van der Waals surface area contributed by atoms with Crippen molar-refractivity contribution < 1.29 is 14.8 Å². The fraction of sp³-hybridized carbons (Fsp3) is 0.385. The molecule has 0 saturated heterocycles. The highest BCUT2D eigenvalue weighted by Gasteiger charge is 2.17. The largest absolute Gasteiger partial charge is 0.478 e. The molecule has 34 heavy (non-hydrogen) atoms. The van der Waals surface area contributed by atoms with Crippen molar-refractivity contribution in [2.75, 3.05) is 6.54 Å². The molecule has 4 N–H and O–H groups in total. The maximum absolute atomic E-state index is 11.5. The van der Waals surface area contributed by atoms with Gasteiger partial charge in [-0.15, -0.1) is 0 Å². The molecule has 0 amide bonds. The van der Waals surface area contributed by atoms with Crippen LogP contribution in [0.2, 0.25) is 0 Å². The van der Waals surface area contributed by atoms with Gasteiger partial charge in [-0.1, -0.05) is 51.9 Å². The molecule has 0 aliphatic rings. The molecule has 3 rings (SSSR count). The molecule has 182 valence electrons. The Kier molecular flexibility index (Phi) is 11.5. The summed E-state index contributed by atoms with van der Waals surface area (Å²) in [5, 5.41) is 20.1. The standard InChI is InChI=1S/C16H11N3O4.C10H23N/c20-16(21)13-9-14(10-5-7-17-8-6-10)18-15(13)11-1-3-12(4-2-11)19(22)23;1-2-3-4-5-6-7-8-9-10-11/h1-9,18H,(H,20,21);2-11H2,1H3. The number of benzene rings is 1. The number of aromatic amines is 1. The monoisotopic (exact) mass is 466 g/mol. The second-order valence-electron chi connectivity index (χ2n) is 8.08. The zero-order valence-electron chi connectivity index (χ0n) is 19.7. The number of nitrogens with zero attached hydrogens (tertiary/aromatic N) is 2. The van der Waals surface area contributed by atoms with Gasteiger partial charge in [0.15, 0.2) is 0 Å². The van der Waals surface area contributed by atoms with Crippen molar-refractivity contribution in [2.45, 2.75) is 58.3 Å². The first-order valence-corrected chi connectivity index (χ1v) is 11.8. The Hall–Kier alpha value is -3.52. The lowest BCUT2D eigenvalue weighted by Gasteiger charge is -2.01. The molecule has 0 spiro atoms. The number of nitro benzene ring substituents is 1. The van der Waals surface area contributed by atoms with E-state index in [9.17, 15) is 20.0 Å². The van der Waals surface area contributed by atoms with E-state index < -0.39 is 10.9 Å². The van der Waals surface area contributed by atoms with E-state index in [1.54, 1.807) is 24.5 Å². The fourth-order valence-corrected chi connectivity index (χ4v) is 3.57. The minimum absolute atomic E-state index is 0.0495. The van der Waals surface area contributed by atoms with E-state index in [1.165, 1.54) is 81.7 Å². The number of rotatable bonds is 12. The van der Waals surface area contributed by atoms with E-state index in [-0.39, 0.29) is 11.3 Å². The molecule has 3 aromatic rings. The van der Waals surface area contributed by atoms with Crippen LogP contribution in [-0.4, -0.2) is 32.5 Å². The fourth-order valence-electron chi connectivity index (χ4n) is 3.57. The SMILES string of the molecule is CCCCCCCCCCN.O=C(O)c1cc(-c2ccncc2)[nH]c1-c1ccc([N+](=O)[O-])cc1. The van der Waals surface area contributed by atoms with Gasteiger partial charge in [-0.3, -0.25) is 15.1 Å². The number of aromatic nitrogens is 2. The molecule has 1 aromatic carbocycles. The molecule has 0 radical (unpaired) electrons. The number of nitro groups is 1. The van der Waals surface area contributed by atoms with Gasteiger partial charge >= 0.3 is 5.97 Å². The van der Waals surface area contributed by atoms with E-state index in [0.717, 1.165) is 12.1 Å². The molecule has 0 aliphatic heterocycles. The number of aromatic carboxylic acids is 1. The predicted molar refractivity (Wildman–Crippen MR) is 135 cm³/mol. The third-order valence-corrected chi connectivity index (χ3v) is 5.46. The highest BCUT2D eigenvalue weighted by Crippen LogP contribution is 2.30. The Morgan fingerprint density at radius 1 is 0.971 bits per heavy atom. The average Bonchev–Trinajstić information content (AvgIpc) is 3.31. The summed E-state index contributed by atoms with van der Waals surface area (Å²) in [5.74, 6) is -1.07. The van der Waals surface area contributed by atoms with Crippen LogP contribution in [0.4, 0.5) is 5.69 Å². The molecule has 0 saturated carbocycles. The lowest BCUT2D eigenvalue weighted by atomic mass is 10.1. The van der Waals surface area contributed by atoms with Crippen LogP contribution < -0.4 is 5.73 Å². The second-order valence-corrected chi connectivity index (χ2v) is 8.08. The summed E-state index contributed by atoms with van der Waals surface area (Å²) in [6, 6.07) is 10.8. The second kappa shape index (κ2) is 14.6. The van der Waals surface area contributed by atoms with E-state index in [2.05, 4.69) is 16.9 Å². The Balaban J connectivity index is 0.000000316. The lowest BCUT2D eigenvalue weighted by Crippen LogP contribution is -1.97. The lowest BCUT2D eigenvalue weighted by molar-refractivity contribution is -0.384. The van der Waals surface area contributed by atoms with Gasteiger partial charge in [0.2, 0.25) is 0 Å². The zero-order valence-corrected chi connectivity index (χ0v) is 19.7. The first-order chi connectivity index (χ1) is 16.5. The topological polar surface area (TPSA) is 135 Å². The van der Waals surface area contributed by atoms with Crippen LogP contribution in [0.15, 0.2) is 54.9 Å². The van der Waals surface area contributed by atoms with Crippen LogP contribution in [0.25, 0.3) is 22.5 Å². The van der Waals surface area contributed by atoms with Gasteiger partial charge in [0.1, 0.15) is 0 Å². The predicted octanol–water partition coefficient (Wildman–Crippen LogP) is 6.44. The number of hydrogen-bond acceptors (Lipinski definition) is 5. The van der Waals surface area contributed by atoms with Crippen molar-refractivity contribution in [1.82, 2.24) is 9.97 Å². The van der Waals surface area contributed by atoms with E-state index in [0.29, 0.717) is 17.0 Å². The molecule has 0 bridgehead atoms. The van der Waals surface area contributed by atoms with Gasteiger partial charge in [0.05, 0.1) is 16.2 Å². The molecular formula is C26H34N4O4. The number of nitrogens with two attached hydrogens (primary N) is 1. The summed E-state index contributed by atoms with van der Waals surface area (Å²) in [5.41, 5.74) is 7.85. The highest BCUT2D eigenvalue weighted by atomic mass is 16.6. The van der Waals surface area contributed by atoms with Crippen LogP contribution in [0, 0.1) is 10.1 Å². The van der Waals surface area contributed by atoms with Crippen LogP contribution in [0.3, 0.4) is 0 Å². The number of non-ortho nitro benzene ring substituents is 1. The summed E-state index contributed by atoms with van der Waals surface area (Å²) in [4.78, 5) is 28.7. The van der Waals surface area contributed by atoms with Crippen LogP contribution in [0.5, 0.6) is 0 Å². The number of nitrogens with one attached hydrogen (secondary N) is 1. The molecule has 0 unspecified atom stereocenters. The summed E-state index contributed by atoms with van der Waals surface area (Å²) < 4.78 is 0. The van der Waals surface area contributed by atoms with Gasteiger partial charge < -0.3 is 15.8 Å². The van der Waals surface area contributed by atoms with Crippen LogP contribution in [-0.2, 0) is 0 Å². The van der Waals surface area contributed by atoms with Gasteiger partial charge in [0, 0.05) is 35.8 Å². The normalized spacial score (nSPS) is 10.4. The third-order valence-electron chi connectivity index (χ3n) is 5.46. The molecular weight excluding hydrogens is 432 g/mol. The number of carbonyl (C=O) groups is 1. The number of pyridine rings is 1. The maximum Gasteiger partial charge on any atom is 0.337 e. The quantitative estimate of drug-likeness (QED) is 0.160. The molecule has 8 heteroatoms. The summed E-state index contributed by atoms with van der Waals surface area (Å²) >= 11 is 0. The van der Waals surface area contributed by atoms with Crippen molar-refractivity contribution in [3.8, 4) is 22.5 Å². The van der Waals surface area contributed by atoms with Gasteiger partial charge in [-0.25, -0.2) is 4.79 Å². The Labute approximate surface area is 200 Å². The first-order valence-electron chi connectivity index (χ1n) is 11.8. The first kappa shape index (κ1) is 26.7. The Bertz CT molecular complexity index is 1010. The van der Waals surface area contributed by atoms with Gasteiger partial charge in [0.25, 0.3) is 5.69 Å². The van der Waals surface area contributed by atoms with Crippen molar-refractivity contribution in [2.24, 2.45) is 5.73 Å². The molecule has 0 fully saturated rings. The Morgan fingerprint density at radius 2 is 1.56 bits per heavy atom. The van der Waals surface area contributed by atoms with Crippen LogP contribution in [0.1, 0.15) is 68.6 Å². The summed E-state index contributed by atoms with van der Waals surface area (Å²) in [6.07, 6.45) is 14.2. The minimum atomic E-state index is -1.07. The van der Waals surface area contributed by atoms with Crippen molar-refractivity contribution in [3.05, 3.63) is 70.5 Å². The zero-order chi connectivity index (χ0) is 24.8.